The van der Waals surface area contributed by atoms with Gasteiger partial charge in [0.1, 0.15) is 5.60 Å². The second-order valence-corrected chi connectivity index (χ2v) is 10.2. The van der Waals surface area contributed by atoms with Crippen LogP contribution in [0.25, 0.3) is 0 Å². The van der Waals surface area contributed by atoms with E-state index in [1.165, 1.54) is 0 Å². The Morgan fingerprint density at radius 3 is 2.44 bits per heavy atom. The number of ether oxygens (including phenoxy) is 3. The summed E-state index contributed by atoms with van der Waals surface area (Å²) in [6, 6.07) is 16.5. The van der Waals surface area contributed by atoms with Crippen molar-refractivity contribution in [2.75, 3.05) is 26.9 Å². The van der Waals surface area contributed by atoms with Crippen LogP contribution in [0.15, 0.2) is 65.3 Å². The molecule has 0 spiro atoms. The Hall–Kier alpha value is -2.00. The number of aromatic nitrogens is 1. The van der Waals surface area contributed by atoms with Crippen LogP contribution < -0.4 is 0 Å². The van der Waals surface area contributed by atoms with Crippen molar-refractivity contribution in [3.8, 4) is 0 Å². The summed E-state index contributed by atoms with van der Waals surface area (Å²) in [6.45, 7) is 1.26. The number of amides is 1. The molecule has 2 aromatic carbocycles. The average molecular weight is 564 g/mol. The number of carbonyl (C=O) groups is 1. The first kappa shape index (κ1) is 23.7. The Morgan fingerprint density at radius 2 is 1.82 bits per heavy atom. The Bertz CT molecular complexity index is 1210. The number of hydrogen-bond acceptors (Lipinski definition) is 5. The molecular weight excluding hydrogens is 543 g/mol. The predicted molar refractivity (Wildman–Crippen MR) is 132 cm³/mol. The standard InChI is InChI=1S/C25H21BrCl2N2O4/c1-32-24(13-33-14-24)15-34-25(16-2-5-18(27)6-3-16)22-9-4-17(26)10-21(22)23(31)30(25)12-20-8-7-19(28)11-29-20/h2-11H,12-15H2,1H3. The molecule has 5 rings (SSSR count). The zero-order valence-electron chi connectivity index (χ0n) is 18.3. The Balaban J connectivity index is 1.67. The van der Waals surface area contributed by atoms with Gasteiger partial charge in [0, 0.05) is 39.5 Å². The molecule has 2 aliphatic heterocycles. The third-order valence-electron chi connectivity index (χ3n) is 6.25. The summed E-state index contributed by atoms with van der Waals surface area (Å²) in [5.41, 5.74) is 0.940. The second-order valence-electron chi connectivity index (χ2n) is 8.37. The molecular formula is C25H21BrCl2N2O4. The number of nitrogens with zero attached hydrogens (tertiary/aromatic N) is 2. The second kappa shape index (κ2) is 9.22. The molecule has 1 amide bonds. The van der Waals surface area contributed by atoms with Gasteiger partial charge in [-0.05, 0) is 36.4 Å². The molecule has 9 heteroatoms. The fraction of sp³-hybridized carbons (Fsp3) is 0.280. The number of methoxy groups -OCH3 is 1. The zero-order valence-corrected chi connectivity index (χ0v) is 21.4. The molecule has 34 heavy (non-hydrogen) atoms. The minimum atomic E-state index is -1.22. The molecule has 3 heterocycles. The number of pyridine rings is 1. The molecule has 0 bridgehead atoms. The third-order valence-corrected chi connectivity index (χ3v) is 7.22. The fourth-order valence-electron chi connectivity index (χ4n) is 4.32. The molecule has 1 atom stereocenters. The van der Waals surface area contributed by atoms with E-state index in [0.717, 1.165) is 15.6 Å². The van der Waals surface area contributed by atoms with E-state index in [4.69, 9.17) is 37.4 Å². The lowest BCUT2D eigenvalue weighted by Crippen LogP contribution is -2.57. The SMILES string of the molecule is COC1(COC2(c3ccc(Cl)cc3)c3ccc(Br)cc3C(=O)N2Cc2ccc(Cl)cn2)COC1. The lowest BCUT2D eigenvalue weighted by molar-refractivity contribution is -0.247. The highest BCUT2D eigenvalue weighted by atomic mass is 79.9. The van der Waals surface area contributed by atoms with E-state index in [-0.39, 0.29) is 19.1 Å². The lowest BCUT2D eigenvalue weighted by Gasteiger charge is -2.45. The maximum absolute atomic E-state index is 13.8. The lowest BCUT2D eigenvalue weighted by atomic mass is 9.92. The van der Waals surface area contributed by atoms with Gasteiger partial charge in [-0.1, -0.05) is 57.3 Å². The molecule has 1 unspecified atom stereocenters. The van der Waals surface area contributed by atoms with Gasteiger partial charge in [-0.3, -0.25) is 14.7 Å². The minimum Gasteiger partial charge on any atom is -0.375 e. The molecule has 0 radical (unpaired) electrons. The van der Waals surface area contributed by atoms with E-state index in [1.807, 2.05) is 30.3 Å². The van der Waals surface area contributed by atoms with Crippen LogP contribution in [0.2, 0.25) is 10.0 Å². The number of fused-ring (bicyclic) bond motifs is 1. The van der Waals surface area contributed by atoms with Crippen molar-refractivity contribution in [1.82, 2.24) is 9.88 Å². The molecule has 1 fully saturated rings. The van der Waals surface area contributed by atoms with Crippen molar-refractivity contribution in [3.63, 3.8) is 0 Å². The molecule has 176 valence electrons. The van der Waals surface area contributed by atoms with Gasteiger partial charge in [-0.25, -0.2) is 0 Å². The van der Waals surface area contributed by atoms with E-state index in [2.05, 4.69) is 20.9 Å². The van der Waals surface area contributed by atoms with Crippen molar-refractivity contribution in [2.45, 2.75) is 17.9 Å². The number of rotatable bonds is 7. The van der Waals surface area contributed by atoms with E-state index in [1.54, 1.807) is 42.5 Å². The van der Waals surface area contributed by atoms with Gasteiger partial charge in [-0.2, -0.15) is 0 Å². The van der Waals surface area contributed by atoms with Crippen LogP contribution >= 0.6 is 39.1 Å². The van der Waals surface area contributed by atoms with Crippen molar-refractivity contribution in [3.05, 3.63) is 97.7 Å². The quantitative estimate of drug-likeness (QED) is 0.383. The highest BCUT2D eigenvalue weighted by Crippen LogP contribution is 2.47. The molecule has 2 aliphatic rings. The first-order valence-corrected chi connectivity index (χ1v) is 12.2. The van der Waals surface area contributed by atoms with E-state index < -0.39 is 11.3 Å². The van der Waals surface area contributed by atoms with Crippen molar-refractivity contribution in [1.29, 1.82) is 0 Å². The highest BCUT2D eigenvalue weighted by Gasteiger charge is 2.54. The first-order valence-electron chi connectivity index (χ1n) is 10.6. The summed E-state index contributed by atoms with van der Waals surface area (Å²) in [5, 5.41) is 1.11. The maximum atomic E-state index is 13.8. The number of halogens is 3. The van der Waals surface area contributed by atoms with Crippen LogP contribution in [0.3, 0.4) is 0 Å². The number of carbonyl (C=O) groups excluding carboxylic acids is 1. The van der Waals surface area contributed by atoms with Gasteiger partial charge >= 0.3 is 0 Å². The van der Waals surface area contributed by atoms with Crippen LogP contribution in [0.1, 0.15) is 27.2 Å². The Kier molecular flexibility index (Phi) is 6.44. The first-order chi connectivity index (χ1) is 16.4. The molecule has 1 saturated heterocycles. The van der Waals surface area contributed by atoms with Gasteiger partial charge in [0.15, 0.2) is 5.72 Å². The summed E-state index contributed by atoms with van der Waals surface area (Å²) in [4.78, 5) is 20.0. The van der Waals surface area contributed by atoms with Crippen LogP contribution in [0, 0.1) is 0 Å². The molecule has 3 aromatic rings. The van der Waals surface area contributed by atoms with Gasteiger partial charge in [-0.15, -0.1) is 0 Å². The largest absolute Gasteiger partial charge is 0.375 e. The summed E-state index contributed by atoms with van der Waals surface area (Å²) in [6.07, 6.45) is 1.57. The van der Waals surface area contributed by atoms with Crippen LogP contribution in [0.4, 0.5) is 0 Å². The van der Waals surface area contributed by atoms with Gasteiger partial charge in [0.25, 0.3) is 5.91 Å². The van der Waals surface area contributed by atoms with Gasteiger partial charge < -0.3 is 14.2 Å². The van der Waals surface area contributed by atoms with E-state index in [0.29, 0.717) is 34.5 Å². The van der Waals surface area contributed by atoms with Crippen LogP contribution in [-0.4, -0.2) is 48.3 Å². The molecule has 0 N–H and O–H groups in total. The zero-order chi connectivity index (χ0) is 23.9. The van der Waals surface area contributed by atoms with Gasteiger partial charge in [0.2, 0.25) is 0 Å². The van der Waals surface area contributed by atoms with Crippen molar-refractivity contribution in [2.24, 2.45) is 0 Å². The van der Waals surface area contributed by atoms with Crippen LogP contribution in [-0.2, 0) is 26.5 Å². The van der Waals surface area contributed by atoms with Crippen LogP contribution in [0.5, 0.6) is 0 Å². The van der Waals surface area contributed by atoms with Crippen molar-refractivity contribution < 1.29 is 19.0 Å². The topological polar surface area (TPSA) is 60.9 Å². The fourth-order valence-corrected chi connectivity index (χ4v) is 4.92. The van der Waals surface area contributed by atoms with Gasteiger partial charge in [0.05, 0.1) is 37.1 Å². The molecule has 0 aliphatic carbocycles. The smallest absolute Gasteiger partial charge is 0.257 e. The summed E-state index contributed by atoms with van der Waals surface area (Å²) >= 11 is 15.8. The Morgan fingerprint density at radius 1 is 1.09 bits per heavy atom. The average Bonchev–Trinajstić information content (AvgIpc) is 3.03. The normalized spacial score (nSPS) is 20.8. The highest BCUT2D eigenvalue weighted by molar-refractivity contribution is 9.10. The number of benzene rings is 2. The molecule has 0 saturated carbocycles. The Labute approximate surface area is 215 Å². The number of hydrogen-bond donors (Lipinski definition) is 0. The van der Waals surface area contributed by atoms with Crippen molar-refractivity contribution >= 4 is 45.0 Å². The monoisotopic (exact) mass is 562 g/mol. The summed E-state index contributed by atoms with van der Waals surface area (Å²) < 4.78 is 18.7. The van der Waals surface area contributed by atoms with E-state index in [9.17, 15) is 4.79 Å². The van der Waals surface area contributed by atoms with E-state index >= 15 is 0 Å². The summed E-state index contributed by atoms with van der Waals surface area (Å²) in [7, 11) is 1.64. The predicted octanol–water partition coefficient (Wildman–Crippen LogP) is 5.44. The summed E-state index contributed by atoms with van der Waals surface area (Å²) in [5.74, 6) is -0.167. The minimum absolute atomic E-state index is 0.167. The maximum Gasteiger partial charge on any atom is 0.257 e. The molecule has 6 nitrogen and oxygen atoms in total. The molecule has 1 aromatic heterocycles. The third kappa shape index (κ3) is 4.04.